The molecule has 0 aromatic heterocycles. The number of urea groups is 1. The van der Waals surface area contributed by atoms with Crippen LogP contribution in [0.2, 0.25) is 0 Å². The first-order chi connectivity index (χ1) is 24.7. The van der Waals surface area contributed by atoms with Crippen LogP contribution < -0.4 is 21.3 Å². The van der Waals surface area contributed by atoms with E-state index >= 15 is 0 Å². The molecule has 2 saturated heterocycles. The molecule has 3 aliphatic carbocycles. The molecule has 0 aromatic carbocycles. The van der Waals surface area contributed by atoms with Gasteiger partial charge in [-0.25, -0.2) is 13.2 Å². The highest BCUT2D eigenvalue weighted by Crippen LogP contribution is 2.42. The highest BCUT2D eigenvalue weighted by Gasteiger charge is 2.51. The van der Waals surface area contributed by atoms with Crippen LogP contribution in [0.5, 0.6) is 0 Å². The van der Waals surface area contributed by atoms with Crippen LogP contribution in [0.3, 0.4) is 0 Å². The van der Waals surface area contributed by atoms with Gasteiger partial charge < -0.3 is 26.2 Å². The van der Waals surface area contributed by atoms with Gasteiger partial charge in [-0.15, -0.1) is 0 Å². The van der Waals surface area contributed by atoms with Gasteiger partial charge in [-0.2, -0.15) is 0 Å². The highest BCUT2D eigenvalue weighted by molar-refractivity contribution is 7.92. The van der Waals surface area contributed by atoms with Gasteiger partial charge in [0.15, 0.2) is 9.84 Å². The van der Waals surface area contributed by atoms with Crippen LogP contribution in [-0.2, 0) is 29.0 Å². The summed E-state index contributed by atoms with van der Waals surface area (Å²) in [4.78, 5) is 70.8. The van der Waals surface area contributed by atoms with Crippen molar-refractivity contribution in [3.63, 3.8) is 0 Å². The van der Waals surface area contributed by atoms with E-state index in [1.165, 1.54) is 0 Å². The second-order valence-corrected chi connectivity index (χ2v) is 19.8. The molecule has 5 aliphatic rings. The molecule has 5 rings (SSSR count). The van der Waals surface area contributed by atoms with Crippen molar-refractivity contribution in [2.24, 2.45) is 17.3 Å². The third kappa shape index (κ3) is 9.69. The third-order valence-corrected chi connectivity index (χ3v) is 15.1. The number of nitrogens with one attached hydrogen (secondary N) is 4. The molecule has 3 saturated carbocycles. The first-order valence-electron chi connectivity index (χ1n) is 20.4. The second kappa shape index (κ2) is 17.2. The molecular formula is C39H65N5O7S. The number of Topliss-reactive ketones (excluding diaryl/α,β-unsaturated/α-hetero) is 1. The Bertz CT molecular complexity index is 1420. The van der Waals surface area contributed by atoms with Crippen molar-refractivity contribution in [2.75, 3.05) is 12.3 Å². The molecule has 5 atom stereocenters. The molecule has 0 aromatic rings. The van der Waals surface area contributed by atoms with Crippen LogP contribution in [0.1, 0.15) is 150 Å². The fourth-order valence-corrected chi connectivity index (χ4v) is 12.1. The Morgan fingerprint density at radius 3 is 2.10 bits per heavy atom. The first kappa shape index (κ1) is 40.5. The minimum atomic E-state index is -3.39. The van der Waals surface area contributed by atoms with Gasteiger partial charge in [0.25, 0.3) is 5.91 Å². The molecule has 0 bridgehead atoms. The standard InChI is InChI=1S/C39H65N5O7S/c1-5-14-29(32(45)35(47)40-28-16-17-28)41-34(46)30-24-27(23-26(2)3)25-44(30)36(48)33(38(4)18-9-6-10-19-38)42-37(49)43-39(20-11-7-12-21-39)31-15-8-13-22-52(31,50)51/h26-31,33H,5-25H2,1-4H3,(H,40,47)(H,41,46)(H2,42,43,49)/t27-,29+,30+,31?,33-/m1/s1. The second-order valence-electron chi connectivity index (χ2n) is 17.5. The smallest absolute Gasteiger partial charge is 0.315 e. The Hall–Kier alpha value is -2.70. The molecule has 294 valence electrons. The predicted octanol–water partition coefficient (Wildman–Crippen LogP) is 4.69. The molecule has 0 radical (unpaired) electrons. The lowest BCUT2D eigenvalue weighted by atomic mass is 9.70. The van der Waals surface area contributed by atoms with E-state index in [2.05, 4.69) is 35.1 Å². The number of carbonyl (C=O) groups excluding carboxylic acids is 5. The van der Waals surface area contributed by atoms with Gasteiger partial charge in [0, 0.05) is 12.6 Å². The lowest BCUT2D eigenvalue weighted by Gasteiger charge is -2.46. The summed E-state index contributed by atoms with van der Waals surface area (Å²) in [6, 6.07) is -3.29. The van der Waals surface area contributed by atoms with Crippen molar-refractivity contribution in [3.05, 3.63) is 0 Å². The van der Waals surface area contributed by atoms with Gasteiger partial charge in [-0.1, -0.05) is 79.1 Å². The monoisotopic (exact) mass is 747 g/mol. The summed E-state index contributed by atoms with van der Waals surface area (Å²) in [5.74, 6) is -1.61. The molecular weight excluding hydrogens is 683 g/mol. The largest absolute Gasteiger partial charge is 0.347 e. The van der Waals surface area contributed by atoms with Gasteiger partial charge >= 0.3 is 6.03 Å². The van der Waals surface area contributed by atoms with Gasteiger partial charge in [-0.05, 0) is 87.9 Å². The number of rotatable bonds is 14. The van der Waals surface area contributed by atoms with Crippen LogP contribution in [-0.4, -0.2) is 90.1 Å². The zero-order valence-electron chi connectivity index (χ0n) is 32.1. The molecule has 1 unspecified atom stereocenters. The Labute approximate surface area is 311 Å². The van der Waals surface area contributed by atoms with E-state index in [4.69, 9.17) is 0 Å². The van der Waals surface area contributed by atoms with E-state index in [9.17, 15) is 32.4 Å². The number of amides is 5. The van der Waals surface area contributed by atoms with Crippen molar-refractivity contribution in [1.29, 1.82) is 0 Å². The van der Waals surface area contributed by atoms with Crippen LogP contribution in [0, 0.1) is 17.3 Å². The Morgan fingerprint density at radius 1 is 0.846 bits per heavy atom. The minimum absolute atomic E-state index is 0.0111. The van der Waals surface area contributed by atoms with Gasteiger partial charge in [0.2, 0.25) is 17.6 Å². The molecule has 12 nitrogen and oxygen atoms in total. The molecule has 2 aliphatic heterocycles. The van der Waals surface area contributed by atoms with Crippen LogP contribution >= 0.6 is 0 Å². The number of sulfone groups is 1. The van der Waals surface area contributed by atoms with Crippen LogP contribution in [0.25, 0.3) is 0 Å². The fourth-order valence-electron chi connectivity index (χ4n) is 9.75. The quantitative estimate of drug-likeness (QED) is 0.187. The summed E-state index contributed by atoms with van der Waals surface area (Å²) in [6.45, 7) is 8.51. The average Bonchev–Trinajstić information content (AvgIpc) is 3.82. The molecule has 5 fully saturated rings. The van der Waals surface area contributed by atoms with Crippen LogP contribution in [0.15, 0.2) is 0 Å². The summed E-state index contributed by atoms with van der Waals surface area (Å²) in [5, 5.41) is 11.2. The maximum Gasteiger partial charge on any atom is 0.315 e. The Kier molecular flexibility index (Phi) is 13.4. The molecule has 13 heteroatoms. The number of nitrogens with zero attached hydrogens (tertiary/aromatic N) is 1. The van der Waals surface area contributed by atoms with E-state index < -0.39 is 67.8 Å². The number of hydrogen-bond donors (Lipinski definition) is 4. The topological polar surface area (TPSA) is 171 Å². The summed E-state index contributed by atoms with van der Waals surface area (Å²) in [5.41, 5.74) is -1.45. The molecule has 0 spiro atoms. The van der Waals surface area contributed by atoms with Crippen molar-refractivity contribution in [2.45, 2.75) is 185 Å². The van der Waals surface area contributed by atoms with Crippen molar-refractivity contribution < 1.29 is 32.4 Å². The predicted molar refractivity (Wildman–Crippen MR) is 200 cm³/mol. The molecule has 4 N–H and O–H groups in total. The average molecular weight is 748 g/mol. The van der Waals surface area contributed by atoms with Crippen molar-refractivity contribution in [3.8, 4) is 0 Å². The molecule has 52 heavy (non-hydrogen) atoms. The summed E-state index contributed by atoms with van der Waals surface area (Å²) >= 11 is 0. The third-order valence-electron chi connectivity index (χ3n) is 12.6. The minimum Gasteiger partial charge on any atom is -0.347 e. The van der Waals surface area contributed by atoms with E-state index in [-0.39, 0.29) is 23.6 Å². The maximum absolute atomic E-state index is 15.0. The van der Waals surface area contributed by atoms with Crippen molar-refractivity contribution >= 4 is 39.4 Å². The Balaban J connectivity index is 1.40. The first-order valence-corrected chi connectivity index (χ1v) is 22.2. The number of hydrogen-bond acceptors (Lipinski definition) is 7. The van der Waals surface area contributed by atoms with Gasteiger partial charge in [0.05, 0.1) is 22.6 Å². The van der Waals surface area contributed by atoms with E-state index in [0.717, 1.165) is 77.0 Å². The molecule has 5 amide bonds. The summed E-state index contributed by atoms with van der Waals surface area (Å²) in [7, 11) is -3.39. The lowest BCUT2D eigenvalue weighted by Crippen LogP contribution is -2.66. The highest BCUT2D eigenvalue weighted by atomic mass is 32.2. The number of likely N-dealkylation sites (tertiary alicyclic amines) is 1. The van der Waals surface area contributed by atoms with E-state index in [1.54, 1.807) is 4.90 Å². The van der Waals surface area contributed by atoms with Crippen LogP contribution in [0.4, 0.5) is 4.79 Å². The summed E-state index contributed by atoms with van der Waals surface area (Å²) < 4.78 is 26.8. The lowest BCUT2D eigenvalue weighted by molar-refractivity contribution is -0.144. The van der Waals surface area contributed by atoms with E-state index in [1.807, 2.05) is 13.8 Å². The number of ketones is 1. The zero-order chi connectivity index (χ0) is 37.7. The fraction of sp³-hybridized carbons (Fsp3) is 0.872. The number of carbonyl (C=O) groups is 5. The SMILES string of the molecule is CCC[C@H](NC(=O)[C@@H]1C[C@@H](CC(C)C)CN1C(=O)[C@@H](NC(=O)NC1(C2CCCCS2(=O)=O)CCCCC1)C1(C)CCCCC1)C(=O)C(=O)NC1CC1. The van der Waals surface area contributed by atoms with Crippen molar-refractivity contribution in [1.82, 2.24) is 26.2 Å². The van der Waals surface area contributed by atoms with E-state index in [0.29, 0.717) is 57.4 Å². The maximum atomic E-state index is 15.0. The molecule has 2 heterocycles. The summed E-state index contributed by atoms with van der Waals surface area (Å²) in [6.07, 6.45) is 13.9. The normalized spacial score (nSPS) is 27.9. The zero-order valence-corrected chi connectivity index (χ0v) is 32.9. The van der Waals surface area contributed by atoms with Gasteiger partial charge in [0.1, 0.15) is 12.1 Å². The van der Waals surface area contributed by atoms with Gasteiger partial charge in [-0.3, -0.25) is 19.2 Å². The Morgan fingerprint density at radius 2 is 1.50 bits per heavy atom.